The van der Waals surface area contributed by atoms with Gasteiger partial charge in [-0.3, -0.25) is 14.5 Å². The molecular formula is C23H29N3O2S. The molecule has 1 fully saturated rings. The normalized spacial score (nSPS) is 19.9. The van der Waals surface area contributed by atoms with E-state index in [0.29, 0.717) is 39.1 Å². The van der Waals surface area contributed by atoms with Crippen LogP contribution in [0.3, 0.4) is 0 Å². The van der Waals surface area contributed by atoms with Crippen molar-refractivity contribution in [2.24, 2.45) is 0 Å². The van der Waals surface area contributed by atoms with Crippen LogP contribution in [0.4, 0.5) is 0 Å². The number of carbonyl (C=O) groups is 2. The molecule has 0 spiro atoms. The van der Waals surface area contributed by atoms with Crippen LogP contribution < -0.4 is 0 Å². The number of amides is 2. The number of thiophene rings is 1. The van der Waals surface area contributed by atoms with Crippen molar-refractivity contribution in [2.75, 3.05) is 39.3 Å². The van der Waals surface area contributed by atoms with Crippen LogP contribution in [-0.2, 0) is 16.0 Å². The molecule has 1 aromatic carbocycles. The van der Waals surface area contributed by atoms with Crippen LogP contribution in [0.2, 0.25) is 0 Å². The van der Waals surface area contributed by atoms with Gasteiger partial charge in [0.25, 0.3) is 0 Å². The van der Waals surface area contributed by atoms with E-state index in [9.17, 15) is 9.59 Å². The average Bonchev–Trinajstić information content (AvgIpc) is 3.22. The molecule has 1 aromatic heterocycles. The summed E-state index contributed by atoms with van der Waals surface area (Å²) >= 11 is 1.82. The SMILES string of the molecule is CCC(=O)N1CCN(C(=O)CN2CCc3sccc3C2c2ccccc2C)CC1. The van der Waals surface area contributed by atoms with Crippen LogP contribution >= 0.6 is 11.3 Å². The molecule has 0 bridgehead atoms. The van der Waals surface area contributed by atoms with E-state index in [2.05, 4.69) is 47.5 Å². The Bertz CT molecular complexity index is 886. The van der Waals surface area contributed by atoms with Gasteiger partial charge in [-0.1, -0.05) is 31.2 Å². The largest absolute Gasteiger partial charge is 0.339 e. The maximum Gasteiger partial charge on any atom is 0.236 e. The van der Waals surface area contributed by atoms with Crippen molar-refractivity contribution in [3.63, 3.8) is 0 Å². The molecule has 2 aliphatic rings. The summed E-state index contributed by atoms with van der Waals surface area (Å²) in [5, 5.41) is 2.17. The summed E-state index contributed by atoms with van der Waals surface area (Å²) in [5.74, 6) is 0.351. The second kappa shape index (κ2) is 8.67. The van der Waals surface area contributed by atoms with Gasteiger partial charge in [0.05, 0.1) is 12.6 Å². The van der Waals surface area contributed by atoms with E-state index < -0.39 is 0 Å². The van der Waals surface area contributed by atoms with Gasteiger partial charge in [-0.15, -0.1) is 11.3 Å². The highest BCUT2D eigenvalue weighted by Crippen LogP contribution is 2.38. The first kappa shape index (κ1) is 20.1. The fourth-order valence-corrected chi connectivity index (χ4v) is 5.40. The Morgan fingerprint density at radius 3 is 2.34 bits per heavy atom. The van der Waals surface area contributed by atoms with Gasteiger partial charge < -0.3 is 9.80 Å². The number of aryl methyl sites for hydroxylation is 1. The Labute approximate surface area is 176 Å². The lowest BCUT2D eigenvalue weighted by atomic mass is 9.90. The summed E-state index contributed by atoms with van der Waals surface area (Å²) in [6.07, 6.45) is 1.53. The lowest BCUT2D eigenvalue weighted by Gasteiger charge is -2.39. The van der Waals surface area contributed by atoms with Gasteiger partial charge in [-0.2, -0.15) is 0 Å². The Hall–Kier alpha value is -2.18. The molecule has 2 amide bonds. The zero-order valence-corrected chi connectivity index (χ0v) is 18.1. The van der Waals surface area contributed by atoms with Crippen LogP contribution in [0.5, 0.6) is 0 Å². The summed E-state index contributed by atoms with van der Waals surface area (Å²) < 4.78 is 0. The number of hydrogen-bond donors (Lipinski definition) is 0. The summed E-state index contributed by atoms with van der Waals surface area (Å²) in [7, 11) is 0. The van der Waals surface area contributed by atoms with Crippen molar-refractivity contribution in [1.29, 1.82) is 0 Å². The van der Waals surface area contributed by atoms with Gasteiger partial charge in [0.2, 0.25) is 11.8 Å². The van der Waals surface area contributed by atoms with Crippen molar-refractivity contribution in [3.8, 4) is 0 Å². The zero-order valence-electron chi connectivity index (χ0n) is 17.3. The minimum Gasteiger partial charge on any atom is -0.339 e. The molecule has 154 valence electrons. The predicted molar refractivity (Wildman–Crippen MR) is 116 cm³/mol. The summed E-state index contributed by atoms with van der Waals surface area (Å²) in [4.78, 5) is 32.6. The molecule has 6 heteroatoms. The first-order chi connectivity index (χ1) is 14.1. The third-order valence-corrected chi connectivity index (χ3v) is 7.17. The van der Waals surface area contributed by atoms with E-state index in [-0.39, 0.29) is 17.9 Å². The number of rotatable bonds is 4. The van der Waals surface area contributed by atoms with Gasteiger partial charge in [-0.05, 0) is 41.5 Å². The quantitative estimate of drug-likeness (QED) is 0.777. The molecular weight excluding hydrogens is 382 g/mol. The van der Waals surface area contributed by atoms with E-state index in [4.69, 9.17) is 0 Å². The van der Waals surface area contributed by atoms with Crippen molar-refractivity contribution in [3.05, 3.63) is 57.3 Å². The highest BCUT2D eigenvalue weighted by atomic mass is 32.1. The minimum absolute atomic E-state index is 0.137. The molecule has 1 atom stereocenters. The molecule has 0 saturated carbocycles. The van der Waals surface area contributed by atoms with E-state index in [1.54, 1.807) is 0 Å². The Morgan fingerprint density at radius 1 is 0.966 bits per heavy atom. The second-order valence-corrected chi connectivity index (χ2v) is 8.89. The van der Waals surface area contributed by atoms with Gasteiger partial charge in [0.15, 0.2) is 0 Å². The van der Waals surface area contributed by atoms with Crippen molar-refractivity contribution in [1.82, 2.24) is 14.7 Å². The maximum atomic E-state index is 13.1. The summed E-state index contributed by atoms with van der Waals surface area (Å²) in [6.45, 7) is 7.93. The molecule has 4 rings (SSSR count). The van der Waals surface area contributed by atoms with Crippen LogP contribution in [0.25, 0.3) is 0 Å². The Kier molecular flexibility index (Phi) is 6.01. The fraction of sp³-hybridized carbons (Fsp3) is 0.478. The van der Waals surface area contributed by atoms with E-state index in [0.717, 1.165) is 13.0 Å². The number of carbonyl (C=O) groups excluding carboxylic acids is 2. The predicted octanol–water partition coefficient (Wildman–Crippen LogP) is 3.08. The lowest BCUT2D eigenvalue weighted by molar-refractivity contribution is -0.140. The van der Waals surface area contributed by atoms with Crippen molar-refractivity contribution in [2.45, 2.75) is 32.7 Å². The topological polar surface area (TPSA) is 43.9 Å². The zero-order chi connectivity index (χ0) is 20.4. The first-order valence-corrected chi connectivity index (χ1v) is 11.4. The van der Waals surface area contributed by atoms with Gasteiger partial charge in [-0.25, -0.2) is 0 Å². The molecule has 0 N–H and O–H groups in total. The number of hydrogen-bond acceptors (Lipinski definition) is 4. The molecule has 2 aliphatic heterocycles. The molecule has 2 aromatic rings. The van der Waals surface area contributed by atoms with Crippen LogP contribution in [0.15, 0.2) is 35.7 Å². The van der Waals surface area contributed by atoms with Crippen molar-refractivity contribution >= 4 is 23.2 Å². The number of fused-ring (bicyclic) bond motifs is 1. The van der Waals surface area contributed by atoms with E-state index in [1.165, 1.54) is 21.6 Å². The lowest BCUT2D eigenvalue weighted by Crippen LogP contribution is -2.53. The van der Waals surface area contributed by atoms with Crippen LogP contribution in [0, 0.1) is 6.92 Å². The van der Waals surface area contributed by atoms with E-state index in [1.807, 2.05) is 28.1 Å². The third kappa shape index (κ3) is 4.09. The molecule has 1 saturated heterocycles. The second-order valence-electron chi connectivity index (χ2n) is 7.89. The van der Waals surface area contributed by atoms with Gasteiger partial charge >= 0.3 is 0 Å². The maximum absolute atomic E-state index is 13.1. The minimum atomic E-state index is 0.137. The van der Waals surface area contributed by atoms with Crippen molar-refractivity contribution < 1.29 is 9.59 Å². The molecule has 5 nitrogen and oxygen atoms in total. The molecule has 29 heavy (non-hydrogen) atoms. The molecule has 0 aliphatic carbocycles. The smallest absolute Gasteiger partial charge is 0.236 e. The third-order valence-electron chi connectivity index (χ3n) is 6.17. The monoisotopic (exact) mass is 411 g/mol. The highest BCUT2D eigenvalue weighted by molar-refractivity contribution is 7.10. The molecule has 3 heterocycles. The number of piperazine rings is 1. The van der Waals surface area contributed by atoms with Crippen LogP contribution in [0.1, 0.15) is 41.0 Å². The average molecular weight is 412 g/mol. The standard InChI is InChI=1S/C23H29N3O2S/c1-3-21(27)24-11-13-25(14-12-24)22(28)16-26-10-8-20-19(9-15-29-20)23(26)18-7-5-4-6-17(18)2/h4-7,9,15,23H,3,8,10-14,16H2,1-2H3. The molecule has 0 radical (unpaired) electrons. The van der Waals surface area contributed by atoms with Gasteiger partial charge in [0.1, 0.15) is 0 Å². The fourth-order valence-electron chi connectivity index (χ4n) is 4.50. The van der Waals surface area contributed by atoms with Crippen LogP contribution in [-0.4, -0.2) is 65.8 Å². The first-order valence-electron chi connectivity index (χ1n) is 10.5. The summed E-state index contributed by atoms with van der Waals surface area (Å²) in [5.41, 5.74) is 3.90. The number of benzene rings is 1. The summed E-state index contributed by atoms with van der Waals surface area (Å²) in [6, 6.07) is 10.9. The molecule has 1 unspecified atom stereocenters. The Morgan fingerprint density at radius 2 is 1.66 bits per heavy atom. The van der Waals surface area contributed by atoms with Gasteiger partial charge in [0, 0.05) is 44.0 Å². The highest BCUT2D eigenvalue weighted by Gasteiger charge is 2.33. The number of nitrogens with zero attached hydrogens (tertiary/aromatic N) is 3. The van der Waals surface area contributed by atoms with E-state index >= 15 is 0 Å². The Balaban J connectivity index is 1.50.